The van der Waals surface area contributed by atoms with Crippen LogP contribution >= 0.6 is 11.8 Å². The van der Waals surface area contributed by atoms with Gasteiger partial charge in [0, 0.05) is 11.3 Å². The maximum atomic E-state index is 10.9. The fraction of sp³-hybridized carbons (Fsp3) is 0.923. The predicted octanol–water partition coefficient (Wildman–Crippen LogP) is 2.36. The first kappa shape index (κ1) is 13.2. The van der Waals surface area contributed by atoms with Crippen LogP contribution in [0.25, 0.3) is 0 Å². The highest BCUT2D eigenvalue weighted by atomic mass is 32.2. The van der Waals surface area contributed by atoms with Crippen molar-refractivity contribution in [1.29, 1.82) is 0 Å². The summed E-state index contributed by atoms with van der Waals surface area (Å²) in [5.74, 6) is 1.30. The molecule has 2 rings (SSSR count). The summed E-state index contributed by atoms with van der Waals surface area (Å²) in [6, 6.07) is 0.678. The van der Waals surface area contributed by atoms with Crippen LogP contribution in [0.3, 0.4) is 0 Å². The third-order valence-corrected chi connectivity index (χ3v) is 5.57. The quantitative estimate of drug-likeness (QED) is 0.812. The molecule has 2 N–H and O–H groups in total. The first-order chi connectivity index (χ1) is 8.16. The van der Waals surface area contributed by atoms with Crippen LogP contribution < -0.4 is 5.32 Å². The van der Waals surface area contributed by atoms with Crippen molar-refractivity contribution in [2.24, 2.45) is 11.8 Å². The second-order valence-electron chi connectivity index (χ2n) is 5.44. The Balaban J connectivity index is 1.66. The van der Waals surface area contributed by atoms with Gasteiger partial charge in [-0.3, -0.25) is 4.79 Å². The van der Waals surface area contributed by atoms with Gasteiger partial charge in [0.05, 0.1) is 5.92 Å². The Kier molecular flexibility index (Phi) is 4.74. The van der Waals surface area contributed by atoms with Crippen LogP contribution in [0.5, 0.6) is 0 Å². The number of aliphatic carboxylic acids is 1. The summed E-state index contributed by atoms with van der Waals surface area (Å²) in [7, 11) is 0. The molecular formula is C13H23NO2S. The molecule has 0 aromatic rings. The van der Waals surface area contributed by atoms with Crippen molar-refractivity contribution >= 4 is 17.7 Å². The maximum absolute atomic E-state index is 10.9. The standard InChI is InChI=1S/C13H23NO2S/c1-9-12(6-7-17-9)14-8-10-2-4-11(5-3-10)13(15)16/h9-12,14H,2-8H2,1H3,(H,15,16). The van der Waals surface area contributed by atoms with Gasteiger partial charge in [0.2, 0.25) is 0 Å². The minimum absolute atomic E-state index is 0.0767. The van der Waals surface area contributed by atoms with Crippen molar-refractivity contribution in [3.63, 3.8) is 0 Å². The van der Waals surface area contributed by atoms with Crippen molar-refractivity contribution in [2.75, 3.05) is 12.3 Å². The lowest BCUT2D eigenvalue weighted by atomic mass is 9.82. The number of carboxylic acids is 1. The summed E-state index contributed by atoms with van der Waals surface area (Å²) >= 11 is 2.06. The Bertz CT molecular complexity index is 264. The molecule has 1 heterocycles. The number of rotatable bonds is 4. The molecule has 1 saturated carbocycles. The van der Waals surface area contributed by atoms with Crippen LogP contribution in [-0.4, -0.2) is 34.7 Å². The van der Waals surface area contributed by atoms with Gasteiger partial charge in [-0.1, -0.05) is 6.92 Å². The first-order valence-electron chi connectivity index (χ1n) is 6.74. The summed E-state index contributed by atoms with van der Waals surface area (Å²) in [5.41, 5.74) is 0. The average molecular weight is 257 g/mol. The second kappa shape index (κ2) is 6.10. The Labute approximate surface area is 108 Å². The van der Waals surface area contributed by atoms with E-state index in [1.54, 1.807) is 0 Å². The summed E-state index contributed by atoms with van der Waals surface area (Å²) in [5, 5.41) is 13.4. The van der Waals surface area contributed by atoms with Gasteiger partial charge in [-0.05, 0) is 50.3 Å². The minimum Gasteiger partial charge on any atom is -0.481 e. The number of carbonyl (C=O) groups is 1. The monoisotopic (exact) mass is 257 g/mol. The zero-order valence-electron chi connectivity index (χ0n) is 10.5. The van der Waals surface area contributed by atoms with E-state index in [1.165, 1.54) is 12.2 Å². The molecule has 2 unspecified atom stereocenters. The molecule has 17 heavy (non-hydrogen) atoms. The van der Waals surface area contributed by atoms with Gasteiger partial charge in [-0.2, -0.15) is 11.8 Å². The summed E-state index contributed by atoms with van der Waals surface area (Å²) in [6.07, 6.45) is 5.19. The van der Waals surface area contributed by atoms with Crippen LogP contribution in [0.4, 0.5) is 0 Å². The molecule has 2 aliphatic rings. The SMILES string of the molecule is CC1SCCC1NCC1CCC(C(=O)O)CC1. The lowest BCUT2D eigenvalue weighted by Crippen LogP contribution is -2.38. The van der Waals surface area contributed by atoms with E-state index in [-0.39, 0.29) is 5.92 Å². The molecule has 0 spiro atoms. The lowest BCUT2D eigenvalue weighted by Gasteiger charge is -2.28. The van der Waals surface area contributed by atoms with Crippen molar-refractivity contribution in [3.05, 3.63) is 0 Å². The largest absolute Gasteiger partial charge is 0.481 e. The number of carboxylic acid groups (broad SMARTS) is 1. The molecule has 4 heteroatoms. The van der Waals surface area contributed by atoms with Crippen LogP contribution in [0, 0.1) is 11.8 Å². The Hall–Kier alpha value is -0.220. The molecule has 1 aliphatic carbocycles. The van der Waals surface area contributed by atoms with Crippen LogP contribution in [0.1, 0.15) is 39.0 Å². The fourth-order valence-electron chi connectivity index (χ4n) is 2.93. The van der Waals surface area contributed by atoms with E-state index < -0.39 is 5.97 Å². The second-order valence-corrected chi connectivity index (χ2v) is 6.92. The molecule has 3 nitrogen and oxygen atoms in total. The van der Waals surface area contributed by atoms with Gasteiger partial charge in [-0.25, -0.2) is 0 Å². The molecule has 0 radical (unpaired) electrons. The van der Waals surface area contributed by atoms with Crippen LogP contribution in [0.2, 0.25) is 0 Å². The summed E-state index contributed by atoms with van der Waals surface area (Å²) in [6.45, 7) is 3.39. The normalized spacial score (nSPS) is 38.2. The van der Waals surface area contributed by atoms with Crippen LogP contribution in [0.15, 0.2) is 0 Å². The summed E-state index contributed by atoms with van der Waals surface area (Å²) < 4.78 is 0. The number of thioether (sulfide) groups is 1. The van der Waals surface area contributed by atoms with Gasteiger partial charge >= 0.3 is 5.97 Å². The number of hydrogen-bond donors (Lipinski definition) is 2. The number of hydrogen-bond acceptors (Lipinski definition) is 3. The van der Waals surface area contributed by atoms with Crippen molar-refractivity contribution in [1.82, 2.24) is 5.32 Å². The van der Waals surface area contributed by atoms with E-state index in [2.05, 4.69) is 24.0 Å². The molecule has 2 fully saturated rings. The molecule has 1 saturated heterocycles. The smallest absolute Gasteiger partial charge is 0.306 e. The molecule has 1 aliphatic heterocycles. The van der Waals surface area contributed by atoms with Gasteiger partial charge in [0.1, 0.15) is 0 Å². The van der Waals surface area contributed by atoms with E-state index in [1.807, 2.05) is 0 Å². The number of nitrogens with one attached hydrogen (secondary N) is 1. The van der Waals surface area contributed by atoms with E-state index in [9.17, 15) is 4.79 Å². The van der Waals surface area contributed by atoms with Crippen molar-refractivity contribution in [3.8, 4) is 0 Å². The highest BCUT2D eigenvalue weighted by Gasteiger charge is 2.28. The highest BCUT2D eigenvalue weighted by molar-refractivity contribution is 8.00. The molecule has 2 atom stereocenters. The molecule has 0 aromatic heterocycles. The van der Waals surface area contributed by atoms with Gasteiger partial charge in [-0.15, -0.1) is 0 Å². The van der Waals surface area contributed by atoms with Crippen LogP contribution in [-0.2, 0) is 4.79 Å². The van der Waals surface area contributed by atoms with Gasteiger partial charge in [0.15, 0.2) is 0 Å². The zero-order chi connectivity index (χ0) is 12.3. The predicted molar refractivity (Wildman–Crippen MR) is 71.4 cm³/mol. The lowest BCUT2D eigenvalue weighted by molar-refractivity contribution is -0.143. The fourth-order valence-corrected chi connectivity index (χ4v) is 4.16. The van der Waals surface area contributed by atoms with E-state index in [0.717, 1.165) is 37.5 Å². The van der Waals surface area contributed by atoms with E-state index in [4.69, 9.17) is 5.11 Å². The highest BCUT2D eigenvalue weighted by Crippen LogP contribution is 2.30. The van der Waals surface area contributed by atoms with Crippen molar-refractivity contribution in [2.45, 2.75) is 50.3 Å². The van der Waals surface area contributed by atoms with Gasteiger partial charge in [0.25, 0.3) is 0 Å². The minimum atomic E-state index is -0.600. The topological polar surface area (TPSA) is 49.3 Å². The van der Waals surface area contributed by atoms with E-state index in [0.29, 0.717) is 12.0 Å². The van der Waals surface area contributed by atoms with Gasteiger partial charge < -0.3 is 10.4 Å². The Morgan fingerprint density at radius 1 is 1.29 bits per heavy atom. The zero-order valence-corrected chi connectivity index (χ0v) is 11.3. The molecule has 0 amide bonds. The average Bonchev–Trinajstić information content (AvgIpc) is 2.73. The maximum Gasteiger partial charge on any atom is 0.306 e. The summed E-state index contributed by atoms with van der Waals surface area (Å²) in [4.78, 5) is 10.9. The third kappa shape index (κ3) is 3.62. The molecule has 0 aromatic carbocycles. The van der Waals surface area contributed by atoms with Crippen molar-refractivity contribution < 1.29 is 9.90 Å². The molecule has 0 bridgehead atoms. The van der Waals surface area contributed by atoms with E-state index >= 15 is 0 Å². The Morgan fingerprint density at radius 2 is 2.00 bits per heavy atom. The first-order valence-corrected chi connectivity index (χ1v) is 7.79. The Morgan fingerprint density at radius 3 is 2.53 bits per heavy atom. The molecule has 98 valence electrons. The third-order valence-electron chi connectivity index (χ3n) is 4.24. The molecular weight excluding hydrogens is 234 g/mol.